The molecule has 5 fully saturated rings. The van der Waals surface area contributed by atoms with Crippen LogP contribution in [0.4, 0.5) is 0 Å². The highest BCUT2D eigenvalue weighted by atomic mass is 16.5. The van der Waals surface area contributed by atoms with Gasteiger partial charge in [0.25, 0.3) is 0 Å². The third kappa shape index (κ3) is 4.01. The molecular formula is C27H35NO5. The average Bonchev–Trinajstić information content (AvgIpc) is 3.14. The predicted molar refractivity (Wildman–Crippen MR) is 123 cm³/mol. The van der Waals surface area contributed by atoms with E-state index in [-0.39, 0.29) is 36.7 Å². The maximum atomic E-state index is 13.8. The number of ether oxygens (including phenoxy) is 1. The fraction of sp³-hybridized carbons (Fsp3) is 0.667. The Morgan fingerprint density at radius 1 is 0.939 bits per heavy atom. The minimum atomic E-state index is -0.811. The van der Waals surface area contributed by atoms with Gasteiger partial charge in [0.15, 0.2) is 6.61 Å². The van der Waals surface area contributed by atoms with Crippen molar-refractivity contribution in [2.24, 2.45) is 23.2 Å². The van der Waals surface area contributed by atoms with Gasteiger partial charge in [0.2, 0.25) is 11.7 Å². The van der Waals surface area contributed by atoms with E-state index in [0.717, 1.165) is 36.0 Å². The summed E-state index contributed by atoms with van der Waals surface area (Å²) in [6.07, 6.45) is 5.89. The third-order valence-corrected chi connectivity index (χ3v) is 8.79. The molecule has 1 heterocycles. The first-order valence-electron chi connectivity index (χ1n) is 12.4. The maximum absolute atomic E-state index is 13.8. The molecule has 6 nitrogen and oxygen atoms in total. The maximum Gasteiger partial charge on any atom is 0.329 e. The topological polar surface area (TPSA) is 83.9 Å². The van der Waals surface area contributed by atoms with Crippen LogP contribution in [0, 0.1) is 43.9 Å². The van der Waals surface area contributed by atoms with E-state index < -0.39 is 18.1 Å². The van der Waals surface area contributed by atoms with Crippen LogP contribution in [-0.2, 0) is 14.3 Å². The number of hydrogen-bond donors (Lipinski definition) is 1. The number of aliphatic hydroxyl groups is 1. The van der Waals surface area contributed by atoms with Crippen LogP contribution in [0.2, 0.25) is 0 Å². The molecule has 178 valence electrons. The number of esters is 1. The lowest BCUT2D eigenvalue weighted by Gasteiger charge is -2.56. The van der Waals surface area contributed by atoms with E-state index >= 15 is 0 Å². The van der Waals surface area contributed by atoms with Gasteiger partial charge in [-0.15, -0.1) is 0 Å². The van der Waals surface area contributed by atoms with Gasteiger partial charge in [-0.3, -0.25) is 9.59 Å². The Hall–Kier alpha value is -2.21. The molecule has 4 bridgehead atoms. The van der Waals surface area contributed by atoms with Gasteiger partial charge in [0.05, 0.1) is 11.5 Å². The number of rotatable bonds is 5. The zero-order valence-electron chi connectivity index (χ0n) is 19.9. The number of aliphatic hydroxyl groups excluding tert-OH is 1. The molecule has 1 aromatic carbocycles. The molecule has 1 unspecified atom stereocenters. The second-order valence-electron chi connectivity index (χ2n) is 11.3. The summed E-state index contributed by atoms with van der Waals surface area (Å²) >= 11 is 0. The lowest BCUT2D eigenvalue weighted by molar-refractivity contribution is -0.165. The quantitative estimate of drug-likeness (QED) is 0.545. The predicted octanol–water partition coefficient (Wildman–Crippen LogP) is 3.52. The Kier molecular flexibility index (Phi) is 5.63. The number of hydrogen-bond acceptors (Lipinski definition) is 5. The van der Waals surface area contributed by atoms with Crippen molar-refractivity contribution in [3.05, 3.63) is 34.4 Å². The van der Waals surface area contributed by atoms with Crippen LogP contribution in [0.1, 0.15) is 72.0 Å². The van der Waals surface area contributed by atoms with Crippen LogP contribution in [0.3, 0.4) is 0 Å². The number of aryl methyl sites for hydroxylation is 3. The Labute approximate surface area is 195 Å². The molecule has 4 aliphatic carbocycles. The highest BCUT2D eigenvalue weighted by Crippen LogP contribution is 2.60. The summed E-state index contributed by atoms with van der Waals surface area (Å²) in [7, 11) is 0. The van der Waals surface area contributed by atoms with Crippen LogP contribution < -0.4 is 0 Å². The summed E-state index contributed by atoms with van der Waals surface area (Å²) in [6, 6.07) is 2.99. The highest BCUT2D eigenvalue weighted by Gasteiger charge is 2.57. The zero-order chi connectivity index (χ0) is 23.5. The summed E-state index contributed by atoms with van der Waals surface area (Å²) in [4.78, 5) is 41.1. The Morgan fingerprint density at radius 3 is 2.12 bits per heavy atom. The fourth-order valence-corrected chi connectivity index (χ4v) is 7.51. The van der Waals surface area contributed by atoms with E-state index in [9.17, 15) is 19.5 Å². The monoisotopic (exact) mass is 453 g/mol. The standard InChI is InChI=1S/C27H35NO5/c1-15-4-17(3)22(5-16(15)2)24(30)14-33-25(31)23-9-21(29)13-28(23)26(32)27-10-18-6-19(11-27)8-20(7-18)12-27/h4-5,18-21,23,29H,6-14H2,1-3H3/t18?,19?,20?,21?,23-,27?/m0/s1. The number of amides is 1. The lowest BCUT2D eigenvalue weighted by Crippen LogP contribution is -2.56. The molecule has 1 aliphatic heterocycles. The van der Waals surface area contributed by atoms with Crippen molar-refractivity contribution in [3.8, 4) is 0 Å². The Morgan fingerprint density at radius 2 is 1.52 bits per heavy atom. The second-order valence-corrected chi connectivity index (χ2v) is 11.3. The molecule has 1 aromatic rings. The van der Waals surface area contributed by atoms with Crippen LogP contribution in [0.15, 0.2) is 12.1 Å². The van der Waals surface area contributed by atoms with E-state index in [2.05, 4.69) is 0 Å². The van der Waals surface area contributed by atoms with Gasteiger partial charge < -0.3 is 14.7 Å². The summed E-state index contributed by atoms with van der Waals surface area (Å²) in [6.45, 7) is 5.64. The van der Waals surface area contributed by atoms with Crippen molar-refractivity contribution >= 4 is 17.7 Å². The number of nitrogens with zero attached hydrogens (tertiary/aromatic N) is 1. The summed E-state index contributed by atoms with van der Waals surface area (Å²) in [5, 5.41) is 10.3. The summed E-state index contributed by atoms with van der Waals surface area (Å²) in [5.41, 5.74) is 3.17. The minimum Gasteiger partial charge on any atom is -0.456 e. The second kappa shape index (κ2) is 8.23. The van der Waals surface area contributed by atoms with Crippen LogP contribution in [-0.4, -0.2) is 53.0 Å². The molecular weight excluding hydrogens is 418 g/mol. The molecule has 0 aromatic heterocycles. The van der Waals surface area contributed by atoms with Gasteiger partial charge in [-0.25, -0.2) is 4.79 Å². The molecule has 4 saturated carbocycles. The minimum absolute atomic E-state index is 0.0245. The van der Waals surface area contributed by atoms with E-state index in [1.165, 1.54) is 19.3 Å². The molecule has 1 saturated heterocycles. The molecule has 1 N–H and O–H groups in total. The number of likely N-dealkylation sites (tertiary alicyclic amines) is 1. The molecule has 1 amide bonds. The van der Waals surface area contributed by atoms with Crippen LogP contribution in [0.5, 0.6) is 0 Å². The largest absolute Gasteiger partial charge is 0.456 e. The zero-order valence-corrected chi connectivity index (χ0v) is 19.9. The van der Waals surface area contributed by atoms with Crippen molar-refractivity contribution in [3.63, 3.8) is 0 Å². The summed E-state index contributed by atoms with van der Waals surface area (Å²) < 4.78 is 5.42. The molecule has 6 heteroatoms. The van der Waals surface area contributed by atoms with Gasteiger partial charge >= 0.3 is 5.97 Å². The first kappa shape index (κ1) is 22.6. The molecule has 2 atom stereocenters. The van der Waals surface area contributed by atoms with Crippen molar-refractivity contribution in [1.29, 1.82) is 0 Å². The number of benzene rings is 1. The molecule has 6 rings (SSSR count). The van der Waals surface area contributed by atoms with E-state index in [1.54, 1.807) is 4.90 Å². The molecule has 33 heavy (non-hydrogen) atoms. The first-order valence-corrected chi connectivity index (χ1v) is 12.4. The van der Waals surface area contributed by atoms with E-state index in [1.807, 2.05) is 32.9 Å². The van der Waals surface area contributed by atoms with Crippen molar-refractivity contribution in [1.82, 2.24) is 4.90 Å². The van der Waals surface area contributed by atoms with Gasteiger partial charge in [-0.2, -0.15) is 0 Å². The number of Topliss-reactive ketones (excluding diaryl/α,β-unsaturated/α-hetero) is 1. The summed E-state index contributed by atoms with van der Waals surface area (Å²) in [5.74, 6) is 1.06. The lowest BCUT2D eigenvalue weighted by atomic mass is 9.49. The number of carbonyl (C=O) groups is 3. The SMILES string of the molecule is Cc1cc(C)c(C(=O)COC(=O)[C@@H]2CC(O)CN2C(=O)C23CC4CC(CC(C4)C2)C3)cc1C. The van der Waals surface area contributed by atoms with Crippen molar-refractivity contribution in [2.45, 2.75) is 77.9 Å². The fourth-order valence-electron chi connectivity index (χ4n) is 7.51. The number of ketones is 1. The highest BCUT2D eigenvalue weighted by molar-refractivity contribution is 6.00. The van der Waals surface area contributed by atoms with Crippen LogP contribution in [0.25, 0.3) is 0 Å². The molecule has 0 radical (unpaired) electrons. The Balaban J connectivity index is 1.27. The smallest absolute Gasteiger partial charge is 0.329 e. The van der Waals surface area contributed by atoms with Gasteiger partial charge in [-0.05, 0) is 99.8 Å². The van der Waals surface area contributed by atoms with E-state index in [4.69, 9.17) is 4.74 Å². The first-order chi connectivity index (χ1) is 15.6. The molecule has 0 spiro atoms. The van der Waals surface area contributed by atoms with Gasteiger partial charge in [-0.1, -0.05) is 6.07 Å². The van der Waals surface area contributed by atoms with Gasteiger partial charge in [0.1, 0.15) is 6.04 Å². The molecule has 5 aliphatic rings. The Bertz CT molecular complexity index is 963. The number of carbonyl (C=O) groups excluding carboxylic acids is 3. The van der Waals surface area contributed by atoms with Crippen molar-refractivity contribution < 1.29 is 24.2 Å². The van der Waals surface area contributed by atoms with Gasteiger partial charge in [0, 0.05) is 18.5 Å². The third-order valence-electron chi connectivity index (χ3n) is 8.79. The normalized spacial score (nSPS) is 34.5. The van der Waals surface area contributed by atoms with E-state index in [0.29, 0.717) is 23.3 Å². The average molecular weight is 454 g/mol. The number of β-amino-alcohol motifs (C(OH)–C–C–N with tert-alkyl or cyclic N) is 1. The van der Waals surface area contributed by atoms with Crippen LogP contribution >= 0.6 is 0 Å². The van der Waals surface area contributed by atoms with Crippen molar-refractivity contribution in [2.75, 3.05) is 13.2 Å².